The third kappa shape index (κ3) is 3.74. The van der Waals surface area contributed by atoms with E-state index in [2.05, 4.69) is 10.0 Å². The SMILES string of the molecule is COc1ccc(S(=O)(=O)NC2CC2)cc1NC(=O)c1ccccc1. The van der Waals surface area contributed by atoms with Crippen LogP contribution >= 0.6 is 0 Å². The van der Waals surface area contributed by atoms with E-state index < -0.39 is 10.0 Å². The first-order valence-corrected chi connectivity index (χ1v) is 9.05. The normalized spacial score (nSPS) is 14.2. The first-order chi connectivity index (χ1) is 11.5. The van der Waals surface area contributed by atoms with Gasteiger partial charge in [-0.3, -0.25) is 4.79 Å². The van der Waals surface area contributed by atoms with Crippen LogP contribution in [0.15, 0.2) is 53.4 Å². The molecule has 0 bridgehead atoms. The molecule has 126 valence electrons. The number of methoxy groups -OCH3 is 1. The van der Waals surface area contributed by atoms with E-state index in [0.717, 1.165) is 12.8 Å². The van der Waals surface area contributed by atoms with Gasteiger partial charge in [-0.05, 0) is 43.2 Å². The number of rotatable bonds is 6. The fraction of sp³-hybridized carbons (Fsp3) is 0.235. The van der Waals surface area contributed by atoms with Crippen molar-refractivity contribution in [1.29, 1.82) is 0 Å². The number of anilines is 1. The van der Waals surface area contributed by atoms with Crippen LogP contribution in [-0.4, -0.2) is 27.5 Å². The van der Waals surface area contributed by atoms with Gasteiger partial charge in [0.25, 0.3) is 5.91 Å². The Hall–Kier alpha value is -2.38. The standard InChI is InChI=1S/C17H18N2O4S/c1-23-16-10-9-14(24(21,22)19-13-7-8-13)11-15(16)18-17(20)12-5-3-2-4-6-12/h2-6,9-11,13,19H,7-8H2,1H3,(H,18,20). The average molecular weight is 346 g/mol. The number of carbonyl (C=O) groups is 1. The number of carbonyl (C=O) groups excluding carboxylic acids is 1. The Balaban J connectivity index is 1.88. The monoisotopic (exact) mass is 346 g/mol. The number of ether oxygens (including phenoxy) is 1. The number of hydrogen-bond acceptors (Lipinski definition) is 4. The van der Waals surface area contributed by atoms with Crippen LogP contribution < -0.4 is 14.8 Å². The van der Waals surface area contributed by atoms with Gasteiger partial charge in [-0.1, -0.05) is 18.2 Å². The summed E-state index contributed by atoms with van der Waals surface area (Å²) < 4.78 is 32.5. The zero-order valence-electron chi connectivity index (χ0n) is 13.2. The number of nitrogens with one attached hydrogen (secondary N) is 2. The van der Waals surface area contributed by atoms with Crippen LogP contribution in [0.5, 0.6) is 5.75 Å². The molecule has 6 nitrogen and oxygen atoms in total. The van der Waals surface area contributed by atoms with E-state index in [0.29, 0.717) is 17.0 Å². The molecule has 3 rings (SSSR count). The van der Waals surface area contributed by atoms with Crippen LogP contribution in [-0.2, 0) is 10.0 Å². The number of amides is 1. The van der Waals surface area contributed by atoms with Gasteiger partial charge in [0, 0.05) is 11.6 Å². The molecule has 7 heteroatoms. The molecule has 24 heavy (non-hydrogen) atoms. The minimum absolute atomic E-state index is 0.0134. The number of benzene rings is 2. The summed E-state index contributed by atoms with van der Waals surface area (Å²) in [7, 11) is -2.14. The van der Waals surface area contributed by atoms with Crippen molar-refractivity contribution >= 4 is 21.6 Å². The molecule has 0 aliphatic heterocycles. The zero-order chi connectivity index (χ0) is 17.2. The lowest BCUT2D eigenvalue weighted by molar-refractivity contribution is 0.102. The molecule has 0 atom stereocenters. The van der Waals surface area contributed by atoms with E-state index in [1.54, 1.807) is 24.3 Å². The van der Waals surface area contributed by atoms with Crippen molar-refractivity contribution in [2.75, 3.05) is 12.4 Å². The van der Waals surface area contributed by atoms with Crippen LogP contribution in [0, 0.1) is 0 Å². The summed E-state index contributed by atoms with van der Waals surface area (Å²) in [6.07, 6.45) is 1.71. The summed E-state index contributed by atoms with van der Waals surface area (Å²) in [5.41, 5.74) is 0.786. The number of sulfonamides is 1. The lowest BCUT2D eigenvalue weighted by Gasteiger charge is -2.13. The molecule has 1 amide bonds. The van der Waals surface area contributed by atoms with Crippen molar-refractivity contribution in [3.63, 3.8) is 0 Å². The van der Waals surface area contributed by atoms with Crippen molar-refractivity contribution < 1.29 is 17.9 Å². The molecule has 2 aromatic carbocycles. The fourth-order valence-corrected chi connectivity index (χ4v) is 3.56. The highest BCUT2D eigenvalue weighted by Gasteiger charge is 2.28. The van der Waals surface area contributed by atoms with Crippen molar-refractivity contribution in [1.82, 2.24) is 4.72 Å². The third-order valence-corrected chi connectivity index (χ3v) is 5.18. The van der Waals surface area contributed by atoms with Crippen molar-refractivity contribution in [3.05, 3.63) is 54.1 Å². The van der Waals surface area contributed by atoms with Gasteiger partial charge in [-0.25, -0.2) is 13.1 Å². The maximum Gasteiger partial charge on any atom is 0.255 e. The molecule has 2 N–H and O–H groups in total. The molecule has 0 spiro atoms. The molecule has 0 unspecified atom stereocenters. The molecular weight excluding hydrogens is 328 g/mol. The predicted octanol–water partition coefficient (Wildman–Crippen LogP) is 2.39. The number of hydrogen-bond donors (Lipinski definition) is 2. The largest absolute Gasteiger partial charge is 0.495 e. The average Bonchev–Trinajstić information content (AvgIpc) is 3.39. The molecule has 0 radical (unpaired) electrons. The Bertz CT molecular complexity index is 846. The Kier molecular flexibility index (Phi) is 4.55. The first kappa shape index (κ1) is 16.5. The quantitative estimate of drug-likeness (QED) is 0.841. The summed E-state index contributed by atoms with van der Waals surface area (Å²) in [6, 6.07) is 13.1. The maximum absolute atomic E-state index is 12.3. The Morgan fingerprint density at radius 2 is 1.83 bits per heavy atom. The summed E-state index contributed by atoms with van der Waals surface area (Å²) in [6.45, 7) is 0. The summed E-state index contributed by atoms with van der Waals surface area (Å²) in [5.74, 6) is 0.0586. The lowest BCUT2D eigenvalue weighted by atomic mass is 10.2. The van der Waals surface area contributed by atoms with Crippen LogP contribution in [0.2, 0.25) is 0 Å². The van der Waals surface area contributed by atoms with Gasteiger partial charge in [0.15, 0.2) is 0 Å². The van der Waals surface area contributed by atoms with E-state index in [-0.39, 0.29) is 16.8 Å². The Morgan fingerprint density at radius 1 is 1.12 bits per heavy atom. The molecular formula is C17H18N2O4S. The molecule has 0 saturated heterocycles. The Labute approximate surface area is 140 Å². The van der Waals surface area contributed by atoms with Gasteiger partial charge >= 0.3 is 0 Å². The van der Waals surface area contributed by atoms with Crippen LogP contribution in [0.25, 0.3) is 0 Å². The smallest absolute Gasteiger partial charge is 0.255 e. The van der Waals surface area contributed by atoms with E-state index in [1.807, 2.05) is 6.07 Å². The highest BCUT2D eigenvalue weighted by atomic mass is 32.2. The Morgan fingerprint density at radius 3 is 2.46 bits per heavy atom. The van der Waals surface area contributed by atoms with Crippen molar-refractivity contribution in [3.8, 4) is 5.75 Å². The lowest BCUT2D eigenvalue weighted by Crippen LogP contribution is -2.25. The second kappa shape index (κ2) is 6.62. The van der Waals surface area contributed by atoms with Crippen molar-refractivity contribution in [2.45, 2.75) is 23.8 Å². The third-order valence-electron chi connectivity index (χ3n) is 3.66. The van der Waals surface area contributed by atoms with Gasteiger partial charge in [-0.15, -0.1) is 0 Å². The minimum atomic E-state index is -3.60. The molecule has 2 aromatic rings. The maximum atomic E-state index is 12.3. The van der Waals surface area contributed by atoms with Crippen LogP contribution in [0.3, 0.4) is 0 Å². The highest BCUT2D eigenvalue weighted by molar-refractivity contribution is 7.89. The highest BCUT2D eigenvalue weighted by Crippen LogP contribution is 2.29. The van der Waals surface area contributed by atoms with Crippen LogP contribution in [0.4, 0.5) is 5.69 Å². The topological polar surface area (TPSA) is 84.5 Å². The fourth-order valence-electron chi connectivity index (χ4n) is 2.22. The summed E-state index contributed by atoms with van der Waals surface area (Å²) in [4.78, 5) is 12.4. The first-order valence-electron chi connectivity index (χ1n) is 7.56. The van der Waals surface area contributed by atoms with Gasteiger partial charge in [-0.2, -0.15) is 0 Å². The summed E-state index contributed by atoms with van der Waals surface area (Å²) >= 11 is 0. The van der Waals surface area contributed by atoms with Gasteiger partial charge < -0.3 is 10.1 Å². The predicted molar refractivity (Wildman–Crippen MR) is 90.7 cm³/mol. The second-order valence-corrected chi connectivity index (χ2v) is 7.29. The molecule has 1 aliphatic rings. The van der Waals surface area contributed by atoms with E-state index in [4.69, 9.17) is 4.74 Å². The second-order valence-electron chi connectivity index (χ2n) is 5.58. The van der Waals surface area contributed by atoms with E-state index >= 15 is 0 Å². The van der Waals surface area contributed by atoms with E-state index in [9.17, 15) is 13.2 Å². The van der Waals surface area contributed by atoms with Crippen LogP contribution in [0.1, 0.15) is 23.2 Å². The zero-order valence-corrected chi connectivity index (χ0v) is 14.0. The van der Waals surface area contributed by atoms with Gasteiger partial charge in [0.2, 0.25) is 10.0 Å². The van der Waals surface area contributed by atoms with Gasteiger partial charge in [0.05, 0.1) is 17.7 Å². The van der Waals surface area contributed by atoms with Crippen molar-refractivity contribution in [2.24, 2.45) is 0 Å². The van der Waals surface area contributed by atoms with Gasteiger partial charge in [0.1, 0.15) is 5.75 Å². The molecule has 0 heterocycles. The minimum Gasteiger partial charge on any atom is -0.495 e. The molecule has 1 aliphatic carbocycles. The summed E-state index contributed by atoms with van der Waals surface area (Å²) in [5, 5.41) is 2.70. The molecule has 1 fully saturated rings. The molecule has 1 saturated carbocycles. The van der Waals surface area contributed by atoms with E-state index in [1.165, 1.54) is 25.3 Å². The molecule has 0 aromatic heterocycles.